The molecule has 0 atom stereocenters. The number of hydrogen-bond donors (Lipinski definition) is 5. The fraction of sp³-hybridized carbons (Fsp3) is 0.165. The molecule has 29 nitrogen and oxygen atoms in total. The van der Waals surface area contributed by atoms with Crippen molar-refractivity contribution in [3.05, 3.63) is 280 Å². The number of nitrogens with one attached hydrogen (secondary N) is 3. The summed E-state index contributed by atoms with van der Waals surface area (Å²) in [7, 11) is 2.55. The molecule has 12 aromatic rings. The molecule has 0 aliphatic rings. The van der Waals surface area contributed by atoms with Crippen LogP contribution in [0.25, 0.3) is 34.6 Å². The van der Waals surface area contributed by atoms with Crippen molar-refractivity contribution in [3.8, 4) is 34.6 Å². The number of ketones is 2. The zero-order chi connectivity index (χ0) is 80.2. The van der Waals surface area contributed by atoms with Crippen LogP contribution in [0.4, 0.5) is 36.3 Å². The van der Waals surface area contributed by atoms with Crippen molar-refractivity contribution in [2.45, 2.75) is 72.5 Å². The van der Waals surface area contributed by atoms with Gasteiger partial charge < -0.3 is 59.9 Å². The third-order valence-electron chi connectivity index (χ3n) is 16.2. The average molecular weight is 1530 g/mol. The van der Waals surface area contributed by atoms with Gasteiger partial charge >= 0.3 is 47.5 Å². The summed E-state index contributed by atoms with van der Waals surface area (Å²) in [6.07, 6.45) is 4.64. The zero-order valence-electron chi connectivity index (χ0n) is 61.6. The summed E-state index contributed by atoms with van der Waals surface area (Å²) >= 11 is 0. The first kappa shape index (κ1) is 84.0. The van der Waals surface area contributed by atoms with E-state index < -0.39 is 59.1 Å². The average Bonchev–Trinajstić information content (AvgIpc) is 1.80. The molecule has 12 rings (SSSR count). The number of nitrogens with zero attached hydrogens (tertiary/aromatic N) is 12. The molecule has 0 unspecified atom stereocenters. The summed E-state index contributed by atoms with van der Waals surface area (Å²) in [5, 5.41) is 51.2. The van der Waals surface area contributed by atoms with Gasteiger partial charge in [-0.15, -0.1) is 30.6 Å². The maximum atomic E-state index is 14.5. The maximum absolute atomic E-state index is 14.5. The number of aromatic carboxylic acids is 2. The Morgan fingerprint density at radius 3 is 1.04 bits per heavy atom. The minimum atomic E-state index is -1.34. The van der Waals surface area contributed by atoms with Crippen LogP contribution in [-0.2, 0) is 22.3 Å². The second kappa shape index (κ2) is 39.0. The molecule has 0 saturated carbocycles. The van der Waals surface area contributed by atoms with Crippen LogP contribution in [0.1, 0.15) is 164 Å². The number of carboxylic acids is 2. The molecule has 33 heteroatoms. The summed E-state index contributed by atoms with van der Waals surface area (Å²) in [6.45, 7) is 11.9. The van der Waals surface area contributed by atoms with Gasteiger partial charge in [0.15, 0.2) is 29.0 Å². The maximum Gasteiger partial charge on any atom is 1.00 e. The normalized spacial score (nSPS) is 10.6. The smallest absolute Gasteiger partial charge is 0.545 e. The Morgan fingerprint density at radius 2 is 0.732 bits per heavy atom. The van der Waals surface area contributed by atoms with E-state index in [0.29, 0.717) is 68.1 Å². The number of halogens is 3. The Morgan fingerprint density at radius 1 is 0.429 bits per heavy atom. The summed E-state index contributed by atoms with van der Waals surface area (Å²) in [6, 6.07) is 43.9. The van der Waals surface area contributed by atoms with Crippen LogP contribution in [0.15, 0.2) is 201 Å². The predicted molar refractivity (Wildman–Crippen MR) is 398 cm³/mol. The number of anilines is 4. The van der Waals surface area contributed by atoms with Crippen LogP contribution in [0.5, 0.6) is 0 Å². The van der Waals surface area contributed by atoms with Crippen LogP contribution < -0.4 is 56.3 Å². The summed E-state index contributed by atoms with van der Waals surface area (Å²) < 4.78 is 57.5. The number of carboxylic acid groups (broad SMARTS) is 2. The summed E-state index contributed by atoms with van der Waals surface area (Å²) in [5.41, 5.74) is 9.15. The van der Waals surface area contributed by atoms with Crippen LogP contribution >= 0.6 is 0 Å². The number of rotatable bonds is 22. The molecule has 0 aliphatic heterocycles. The monoisotopic (exact) mass is 1530 g/mol. The topological polar surface area (TPSA) is 408 Å². The van der Waals surface area contributed by atoms with Gasteiger partial charge in [-0.05, 0) is 173 Å². The molecular weight excluding hydrogens is 1460 g/mol. The van der Waals surface area contributed by atoms with Crippen LogP contribution in [0.3, 0.4) is 0 Å². The van der Waals surface area contributed by atoms with E-state index in [2.05, 4.69) is 71.0 Å². The molecule has 6 aromatic heterocycles. The second-order valence-electron chi connectivity index (χ2n) is 24.9. The molecule has 0 fully saturated rings. The number of ether oxygens (including phenoxy) is 2. The molecule has 0 aliphatic carbocycles. The largest absolute Gasteiger partial charge is 1.00 e. The SMILES string of the molecule is CC(C)n1cnnc1-c1cccc(NC(=O)c2cc(CC(=O)c3ccc(C(=O)[O-])cc3)ccc2F)n1.CC(C)n1cnnc1-c1cccc(NC(=O)c2cc(N)ccc2F)n1.COC(=O)c1ccc(C(=O)Cc2ccc(F)c(C(=O)Nc3cccc(-c4nncn4C(C)C)n3)c2)cc1.COC(=O)c1ccc(C(=O)O)cc1.[Na+]. The molecule has 6 aromatic carbocycles. The molecule has 0 spiro atoms. The van der Waals surface area contributed by atoms with Gasteiger partial charge in [0.25, 0.3) is 17.7 Å². The van der Waals surface area contributed by atoms with E-state index in [-0.39, 0.29) is 123 Å². The molecule has 0 saturated heterocycles. The number of methoxy groups -OCH3 is 2. The van der Waals surface area contributed by atoms with Crippen LogP contribution in [0.2, 0.25) is 0 Å². The number of carbonyl (C=O) groups is 9. The van der Waals surface area contributed by atoms with Crippen LogP contribution in [0, 0.1) is 17.5 Å². The fourth-order valence-corrected chi connectivity index (χ4v) is 10.4. The van der Waals surface area contributed by atoms with E-state index >= 15 is 0 Å². The van der Waals surface area contributed by atoms with E-state index in [1.807, 2.05) is 55.2 Å². The van der Waals surface area contributed by atoms with Gasteiger partial charge in [-0.25, -0.2) is 42.5 Å². The molecule has 112 heavy (non-hydrogen) atoms. The number of benzene rings is 6. The summed E-state index contributed by atoms with van der Waals surface area (Å²) in [4.78, 5) is 120. The Hall–Kier alpha value is -13.6. The minimum absolute atomic E-state index is 0. The van der Waals surface area contributed by atoms with Crippen LogP contribution in [-0.4, -0.2) is 132 Å². The van der Waals surface area contributed by atoms with E-state index in [4.69, 9.17) is 10.8 Å². The number of amides is 3. The van der Waals surface area contributed by atoms with Crippen molar-refractivity contribution in [1.82, 2.24) is 59.2 Å². The van der Waals surface area contributed by atoms with Crippen molar-refractivity contribution < 1.29 is 106 Å². The van der Waals surface area contributed by atoms with Gasteiger partial charge in [0, 0.05) is 47.8 Å². The Balaban J connectivity index is 0.000000197. The molecule has 3 amide bonds. The zero-order valence-corrected chi connectivity index (χ0v) is 63.6. The molecule has 0 bridgehead atoms. The summed E-state index contributed by atoms with van der Waals surface area (Å²) in [5.74, 6) is -5.75. The second-order valence-corrected chi connectivity index (χ2v) is 24.9. The number of hydrogen-bond acceptors (Lipinski definition) is 22. The predicted octanol–water partition coefficient (Wildman–Crippen LogP) is 8.70. The first-order valence-electron chi connectivity index (χ1n) is 33.7. The fourth-order valence-electron chi connectivity index (χ4n) is 10.4. The van der Waals surface area contributed by atoms with E-state index in [9.17, 15) is 61.4 Å². The van der Waals surface area contributed by atoms with Gasteiger partial charge in [-0.2, -0.15) is 0 Å². The van der Waals surface area contributed by atoms with Crippen molar-refractivity contribution in [2.24, 2.45) is 0 Å². The number of nitrogens with two attached hydrogens (primary N) is 1. The first-order chi connectivity index (χ1) is 53.1. The van der Waals surface area contributed by atoms with Crippen molar-refractivity contribution in [1.29, 1.82) is 0 Å². The Labute approximate surface area is 659 Å². The third kappa shape index (κ3) is 22.1. The molecular formula is C79H70F3N16NaO13. The van der Waals surface area contributed by atoms with Gasteiger partial charge in [0.2, 0.25) is 0 Å². The van der Waals surface area contributed by atoms with Gasteiger partial charge in [-0.1, -0.05) is 66.7 Å². The van der Waals surface area contributed by atoms with E-state index in [1.54, 1.807) is 73.6 Å². The number of Topliss-reactive ketones (excluding diaryl/α,β-unsaturated/α-hetero) is 2. The van der Waals surface area contributed by atoms with Gasteiger partial charge in [0.1, 0.15) is 71.0 Å². The minimum Gasteiger partial charge on any atom is -0.545 e. The quantitative estimate of drug-likeness (QED) is 0.0183. The van der Waals surface area contributed by atoms with Crippen molar-refractivity contribution >= 4 is 76.3 Å². The number of esters is 2. The standard InChI is InChI=1S/C27H24FN5O4.C26H22FN5O4.C17H17FN6O.C9H8O4.Na/c1-16(2)33-15-29-32-25(33)22-5-4-6-24(30-22)31-26(35)20-13-17(7-12-21(20)28)14-23(34)18-8-10-19(11-9-18)27(36)37-3;1-15(2)32-14-28-31-24(32)21-4-3-5-23(29-21)30-25(34)19-12-16(6-11-20(19)27)13-22(33)17-7-9-18(10-8-17)26(35)36;1-10(2)24-9-20-23-16(24)14-4-3-5-15(21-14)22-17(25)12-8-11(19)6-7-13(12)18;1-13-9(12)7-4-2-6(3-5-7)8(10)11;/h4-13,15-16H,14H2,1-3H3,(H,30,31,35);3-12,14-15H,13H2,1-2H3,(H,35,36)(H,29,30,34);3-10H,19H2,1-2H3,(H,21,22,25);2-5H,1H3,(H,10,11);/q;;;;+1/p-1. The first-order valence-corrected chi connectivity index (χ1v) is 33.7. The van der Waals surface area contributed by atoms with E-state index in [1.165, 1.54) is 123 Å². The number of pyridine rings is 3. The Kier molecular flexibility index (Phi) is 29.2. The Bertz CT molecular complexity index is 5420. The molecule has 6 N–H and O–H groups in total. The molecule has 0 radical (unpaired) electrons. The van der Waals surface area contributed by atoms with Crippen molar-refractivity contribution in [3.63, 3.8) is 0 Å². The van der Waals surface area contributed by atoms with E-state index in [0.717, 1.165) is 18.2 Å². The van der Waals surface area contributed by atoms with Crippen molar-refractivity contribution in [2.75, 3.05) is 35.9 Å². The molecule has 566 valence electrons. The number of nitrogen functional groups attached to an aromatic ring is 1. The number of carbonyl (C=O) groups excluding carboxylic acids is 8. The number of aromatic nitrogens is 12. The third-order valence-corrected chi connectivity index (χ3v) is 16.2. The molecule has 6 heterocycles. The van der Waals surface area contributed by atoms with Gasteiger partial charge in [0.05, 0.1) is 53.6 Å². The van der Waals surface area contributed by atoms with Gasteiger partial charge in [-0.3, -0.25) is 24.0 Å².